The van der Waals surface area contributed by atoms with Crippen molar-refractivity contribution in [2.45, 2.75) is 13.8 Å². The lowest BCUT2D eigenvalue weighted by Crippen LogP contribution is -2.20. The SMILES string of the molecule is CCOC(=O)c1c(C)n(C)c2cc3cc(C(=O)N(C)C)oc3cc12. The summed E-state index contributed by atoms with van der Waals surface area (Å²) in [5, 5.41) is 1.59. The topological polar surface area (TPSA) is 64.7 Å². The lowest BCUT2D eigenvalue weighted by Gasteiger charge is -2.06. The molecule has 0 bridgehead atoms. The van der Waals surface area contributed by atoms with Gasteiger partial charge in [-0.05, 0) is 32.0 Å². The Morgan fingerprint density at radius 3 is 2.58 bits per heavy atom. The van der Waals surface area contributed by atoms with E-state index in [9.17, 15) is 9.59 Å². The number of ether oxygens (including phenoxy) is 1. The zero-order valence-electron chi connectivity index (χ0n) is 14.5. The largest absolute Gasteiger partial charge is 0.462 e. The molecule has 2 aromatic heterocycles. The second-order valence-corrected chi connectivity index (χ2v) is 5.96. The standard InChI is InChI=1S/C18H20N2O4/c1-6-23-18(22)16-10(2)20(5)13-7-11-8-15(17(21)19(3)4)24-14(11)9-12(13)16/h7-9H,6H2,1-5H3. The van der Waals surface area contributed by atoms with Crippen LogP contribution in [0.4, 0.5) is 0 Å². The summed E-state index contributed by atoms with van der Waals surface area (Å²) in [7, 11) is 5.25. The molecule has 0 aliphatic carbocycles. The summed E-state index contributed by atoms with van der Waals surface area (Å²) in [5.41, 5.74) is 2.84. The number of carbonyl (C=O) groups is 2. The number of hydrogen-bond acceptors (Lipinski definition) is 4. The smallest absolute Gasteiger partial charge is 0.340 e. The molecule has 6 heteroatoms. The monoisotopic (exact) mass is 328 g/mol. The molecule has 2 heterocycles. The maximum atomic E-state index is 12.3. The number of carbonyl (C=O) groups excluding carboxylic acids is 2. The molecule has 126 valence electrons. The first kappa shape index (κ1) is 16.1. The Labute approximate surface area is 139 Å². The Morgan fingerprint density at radius 2 is 1.96 bits per heavy atom. The highest BCUT2D eigenvalue weighted by molar-refractivity contribution is 6.10. The van der Waals surface area contributed by atoms with Gasteiger partial charge >= 0.3 is 5.97 Å². The molecule has 0 unspecified atom stereocenters. The highest BCUT2D eigenvalue weighted by atomic mass is 16.5. The Hall–Kier alpha value is -2.76. The molecule has 0 saturated heterocycles. The predicted octanol–water partition coefficient (Wildman–Crippen LogP) is 3.11. The van der Waals surface area contributed by atoms with Crippen molar-refractivity contribution in [3.05, 3.63) is 35.2 Å². The van der Waals surface area contributed by atoms with Gasteiger partial charge in [-0.2, -0.15) is 0 Å². The van der Waals surface area contributed by atoms with Crippen LogP contribution < -0.4 is 0 Å². The van der Waals surface area contributed by atoms with Crippen LogP contribution in [0.2, 0.25) is 0 Å². The molecular weight excluding hydrogens is 308 g/mol. The molecule has 0 aliphatic heterocycles. The highest BCUT2D eigenvalue weighted by Crippen LogP contribution is 2.31. The van der Waals surface area contributed by atoms with Crippen LogP contribution >= 0.6 is 0 Å². The van der Waals surface area contributed by atoms with Gasteiger partial charge in [0.25, 0.3) is 5.91 Å². The summed E-state index contributed by atoms with van der Waals surface area (Å²) in [4.78, 5) is 25.8. The third kappa shape index (κ3) is 2.35. The van der Waals surface area contributed by atoms with Gasteiger partial charge in [-0.25, -0.2) is 4.79 Å². The minimum atomic E-state index is -0.351. The van der Waals surface area contributed by atoms with Crippen LogP contribution in [-0.4, -0.2) is 42.0 Å². The maximum Gasteiger partial charge on any atom is 0.340 e. The van der Waals surface area contributed by atoms with Crippen molar-refractivity contribution in [1.29, 1.82) is 0 Å². The summed E-state index contributed by atoms with van der Waals surface area (Å²) in [6.07, 6.45) is 0. The van der Waals surface area contributed by atoms with Crippen LogP contribution in [0.25, 0.3) is 21.9 Å². The van der Waals surface area contributed by atoms with Crippen LogP contribution in [0, 0.1) is 6.92 Å². The van der Waals surface area contributed by atoms with Crippen LogP contribution in [0.3, 0.4) is 0 Å². The molecule has 0 atom stereocenters. The van der Waals surface area contributed by atoms with E-state index in [1.165, 1.54) is 4.90 Å². The van der Waals surface area contributed by atoms with E-state index in [0.29, 0.717) is 17.8 Å². The highest BCUT2D eigenvalue weighted by Gasteiger charge is 2.22. The Balaban J connectivity index is 2.25. The summed E-state index contributed by atoms with van der Waals surface area (Å²) < 4.78 is 12.8. The lowest BCUT2D eigenvalue weighted by atomic mass is 10.1. The Kier molecular flexibility index (Phi) is 3.83. The fourth-order valence-electron chi connectivity index (χ4n) is 2.88. The summed E-state index contributed by atoms with van der Waals surface area (Å²) in [6, 6.07) is 5.45. The second-order valence-electron chi connectivity index (χ2n) is 5.96. The number of aryl methyl sites for hydroxylation is 1. The summed E-state index contributed by atoms with van der Waals surface area (Å²) in [5.74, 6) is -0.270. The Morgan fingerprint density at radius 1 is 1.25 bits per heavy atom. The molecule has 3 rings (SSSR count). The predicted molar refractivity (Wildman–Crippen MR) is 91.4 cm³/mol. The number of aromatic nitrogens is 1. The number of furan rings is 1. The molecule has 0 saturated carbocycles. The first-order valence-electron chi connectivity index (χ1n) is 7.76. The summed E-state index contributed by atoms with van der Waals surface area (Å²) >= 11 is 0. The quantitative estimate of drug-likeness (QED) is 0.693. The molecule has 6 nitrogen and oxygen atoms in total. The van der Waals surface area contributed by atoms with Crippen molar-refractivity contribution in [2.24, 2.45) is 7.05 Å². The minimum Gasteiger partial charge on any atom is -0.462 e. The molecule has 0 radical (unpaired) electrons. The summed E-state index contributed by atoms with van der Waals surface area (Å²) in [6.45, 7) is 3.98. The van der Waals surface area contributed by atoms with Gasteiger partial charge in [0, 0.05) is 43.1 Å². The van der Waals surface area contributed by atoms with Gasteiger partial charge < -0.3 is 18.6 Å². The van der Waals surface area contributed by atoms with E-state index in [1.807, 2.05) is 24.6 Å². The average molecular weight is 328 g/mol. The molecule has 0 fully saturated rings. The van der Waals surface area contributed by atoms with Crippen molar-refractivity contribution >= 4 is 33.7 Å². The van der Waals surface area contributed by atoms with Gasteiger partial charge in [0.1, 0.15) is 5.58 Å². The number of amides is 1. The first-order valence-corrected chi connectivity index (χ1v) is 7.76. The van der Waals surface area contributed by atoms with Crippen LogP contribution in [0.15, 0.2) is 22.6 Å². The van der Waals surface area contributed by atoms with E-state index in [0.717, 1.165) is 22.0 Å². The Bertz CT molecular complexity index is 963. The molecule has 1 aromatic carbocycles. The number of rotatable bonds is 3. The second kappa shape index (κ2) is 5.70. The minimum absolute atomic E-state index is 0.197. The van der Waals surface area contributed by atoms with E-state index in [2.05, 4.69) is 0 Å². The lowest BCUT2D eigenvalue weighted by molar-refractivity contribution is 0.0527. The molecular formula is C18H20N2O4. The molecule has 0 aliphatic rings. The fourth-order valence-corrected chi connectivity index (χ4v) is 2.88. The number of esters is 1. The number of benzene rings is 1. The van der Waals surface area contributed by atoms with Crippen molar-refractivity contribution in [2.75, 3.05) is 20.7 Å². The zero-order valence-corrected chi connectivity index (χ0v) is 14.5. The van der Waals surface area contributed by atoms with Gasteiger partial charge in [-0.3, -0.25) is 4.79 Å². The van der Waals surface area contributed by atoms with Crippen LogP contribution in [0.5, 0.6) is 0 Å². The molecule has 1 amide bonds. The first-order chi connectivity index (χ1) is 11.3. The number of hydrogen-bond donors (Lipinski definition) is 0. The van der Waals surface area contributed by atoms with Crippen molar-refractivity contribution in [1.82, 2.24) is 9.47 Å². The van der Waals surface area contributed by atoms with Gasteiger partial charge in [0.15, 0.2) is 5.76 Å². The maximum absolute atomic E-state index is 12.3. The molecule has 3 aromatic rings. The van der Waals surface area contributed by atoms with Crippen molar-refractivity contribution in [3.63, 3.8) is 0 Å². The third-order valence-electron chi connectivity index (χ3n) is 4.23. The van der Waals surface area contributed by atoms with Gasteiger partial charge in [-0.1, -0.05) is 0 Å². The van der Waals surface area contributed by atoms with E-state index in [4.69, 9.17) is 9.15 Å². The van der Waals surface area contributed by atoms with E-state index >= 15 is 0 Å². The van der Waals surface area contributed by atoms with E-state index in [-0.39, 0.29) is 17.6 Å². The van der Waals surface area contributed by atoms with Crippen LogP contribution in [0.1, 0.15) is 33.5 Å². The van der Waals surface area contributed by atoms with Crippen LogP contribution in [-0.2, 0) is 11.8 Å². The van der Waals surface area contributed by atoms with Gasteiger partial charge in [0.05, 0.1) is 12.2 Å². The number of fused-ring (bicyclic) bond motifs is 2. The third-order valence-corrected chi connectivity index (χ3v) is 4.23. The van der Waals surface area contributed by atoms with E-state index < -0.39 is 0 Å². The zero-order chi connectivity index (χ0) is 17.6. The average Bonchev–Trinajstić information content (AvgIpc) is 3.04. The molecule has 24 heavy (non-hydrogen) atoms. The van der Waals surface area contributed by atoms with E-state index in [1.54, 1.807) is 33.2 Å². The fraction of sp³-hybridized carbons (Fsp3) is 0.333. The van der Waals surface area contributed by atoms with Gasteiger partial charge in [-0.15, -0.1) is 0 Å². The van der Waals surface area contributed by atoms with Gasteiger partial charge in [0.2, 0.25) is 0 Å². The number of nitrogens with zero attached hydrogens (tertiary/aromatic N) is 2. The molecule has 0 spiro atoms. The normalized spacial score (nSPS) is 11.2. The van der Waals surface area contributed by atoms with Crippen molar-refractivity contribution in [3.8, 4) is 0 Å². The molecule has 0 N–H and O–H groups in total. The van der Waals surface area contributed by atoms with Crippen molar-refractivity contribution < 1.29 is 18.7 Å².